The molecular formula is C25H26FN7O3. The fourth-order valence-electron chi connectivity index (χ4n) is 3.82. The lowest BCUT2D eigenvalue weighted by Crippen LogP contribution is -2.42. The molecule has 186 valence electrons. The summed E-state index contributed by atoms with van der Waals surface area (Å²) in [6.07, 6.45) is 1.31. The molecule has 1 amide bonds. The van der Waals surface area contributed by atoms with Gasteiger partial charge in [0.25, 0.3) is 11.5 Å². The molecule has 0 unspecified atom stereocenters. The number of aryl methyl sites for hydroxylation is 1. The van der Waals surface area contributed by atoms with E-state index in [2.05, 4.69) is 15.1 Å². The Bertz CT molecular complexity index is 1490. The van der Waals surface area contributed by atoms with Crippen molar-refractivity contribution < 1.29 is 9.18 Å². The van der Waals surface area contributed by atoms with Crippen molar-refractivity contribution >= 4 is 17.4 Å². The van der Waals surface area contributed by atoms with E-state index in [4.69, 9.17) is 5.73 Å². The maximum Gasteiger partial charge on any atom is 0.330 e. The molecule has 0 aliphatic rings. The number of carbonyl (C=O) groups is 1. The van der Waals surface area contributed by atoms with E-state index in [-0.39, 0.29) is 30.4 Å². The van der Waals surface area contributed by atoms with Crippen LogP contribution in [0.3, 0.4) is 0 Å². The van der Waals surface area contributed by atoms with Gasteiger partial charge >= 0.3 is 5.69 Å². The van der Waals surface area contributed by atoms with Crippen LogP contribution in [-0.2, 0) is 6.54 Å². The number of rotatable bonds is 8. The molecular weight excluding hydrogens is 465 g/mol. The number of nitrogens with one attached hydrogen (secondary N) is 1. The summed E-state index contributed by atoms with van der Waals surface area (Å²) in [7, 11) is 0. The molecule has 11 heteroatoms. The Hall–Kier alpha value is -4.54. The Kier molecular flexibility index (Phi) is 7.09. The Morgan fingerprint density at radius 2 is 1.81 bits per heavy atom. The molecule has 0 aliphatic carbocycles. The van der Waals surface area contributed by atoms with E-state index in [0.29, 0.717) is 17.9 Å². The van der Waals surface area contributed by atoms with Gasteiger partial charge in [0.2, 0.25) is 5.82 Å². The third-order valence-electron chi connectivity index (χ3n) is 5.68. The number of hydrogen-bond acceptors (Lipinski definition) is 6. The number of amides is 1. The van der Waals surface area contributed by atoms with Gasteiger partial charge in [-0.3, -0.25) is 24.0 Å². The maximum absolute atomic E-state index is 13.6. The molecule has 10 nitrogen and oxygen atoms in total. The number of benzene rings is 2. The highest BCUT2D eigenvalue weighted by atomic mass is 19.1. The summed E-state index contributed by atoms with van der Waals surface area (Å²) >= 11 is 0. The summed E-state index contributed by atoms with van der Waals surface area (Å²) in [5, 5.41) is 4.30. The van der Waals surface area contributed by atoms with Crippen molar-refractivity contribution in [1.29, 1.82) is 0 Å². The predicted molar refractivity (Wildman–Crippen MR) is 134 cm³/mol. The van der Waals surface area contributed by atoms with E-state index in [9.17, 15) is 18.8 Å². The molecule has 0 fully saturated rings. The van der Waals surface area contributed by atoms with Gasteiger partial charge in [-0.05, 0) is 43.2 Å². The number of nitrogens with zero attached hydrogens (tertiary/aromatic N) is 5. The average Bonchev–Trinajstić information content (AvgIpc) is 3.26. The van der Waals surface area contributed by atoms with Gasteiger partial charge in [0.15, 0.2) is 5.69 Å². The number of hydrogen-bond donors (Lipinski definition) is 2. The van der Waals surface area contributed by atoms with Gasteiger partial charge < -0.3 is 5.73 Å². The van der Waals surface area contributed by atoms with Crippen LogP contribution in [0.4, 0.5) is 15.9 Å². The smallest absolute Gasteiger partial charge is 0.330 e. The van der Waals surface area contributed by atoms with Crippen LogP contribution in [0.5, 0.6) is 0 Å². The summed E-state index contributed by atoms with van der Waals surface area (Å²) in [6, 6.07) is 14.7. The maximum atomic E-state index is 13.6. The summed E-state index contributed by atoms with van der Waals surface area (Å²) in [6.45, 7) is 3.88. The third kappa shape index (κ3) is 4.95. The molecule has 36 heavy (non-hydrogen) atoms. The molecule has 0 atom stereocenters. The van der Waals surface area contributed by atoms with Crippen LogP contribution in [0.25, 0.3) is 5.69 Å². The normalized spacial score (nSPS) is 11.0. The molecule has 4 aromatic rings. The number of aromatic amines is 1. The highest BCUT2D eigenvalue weighted by molar-refractivity contribution is 6.04. The first-order chi connectivity index (χ1) is 17.3. The van der Waals surface area contributed by atoms with Crippen LogP contribution in [0.2, 0.25) is 0 Å². The van der Waals surface area contributed by atoms with E-state index >= 15 is 0 Å². The van der Waals surface area contributed by atoms with Crippen LogP contribution >= 0.6 is 0 Å². The van der Waals surface area contributed by atoms with E-state index in [1.165, 1.54) is 38.4 Å². The molecule has 2 heterocycles. The van der Waals surface area contributed by atoms with Crippen molar-refractivity contribution in [3.63, 3.8) is 0 Å². The van der Waals surface area contributed by atoms with Crippen LogP contribution in [0.1, 0.15) is 41.8 Å². The van der Waals surface area contributed by atoms with Crippen molar-refractivity contribution in [1.82, 2.24) is 24.3 Å². The van der Waals surface area contributed by atoms with Gasteiger partial charge in [0, 0.05) is 6.54 Å². The number of unbranched alkanes of at least 4 members (excludes halogenated alkanes) is 1. The number of aromatic nitrogens is 5. The topological polar surface area (TPSA) is 132 Å². The lowest BCUT2D eigenvalue weighted by atomic mass is 10.2. The molecule has 0 spiro atoms. The van der Waals surface area contributed by atoms with E-state index < -0.39 is 23.0 Å². The summed E-state index contributed by atoms with van der Waals surface area (Å²) in [5.41, 5.74) is 6.05. The molecule has 0 aliphatic heterocycles. The van der Waals surface area contributed by atoms with Crippen LogP contribution < -0.4 is 21.9 Å². The van der Waals surface area contributed by atoms with Crippen molar-refractivity contribution in [2.45, 2.75) is 33.2 Å². The first kappa shape index (κ1) is 24.6. The van der Waals surface area contributed by atoms with Gasteiger partial charge in [-0.1, -0.05) is 43.7 Å². The quantitative estimate of drug-likeness (QED) is 0.390. The average molecular weight is 492 g/mol. The molecule has 3 N–H and O–H groups in total. The fourth-order valence-corrected chi connectivity index (χ4v) is 3.82. The highest BCUT2D eigenvalue weighted by Gasteiger charge is 2.28. The standard InChI is InChI=1S/C25H26FN7O3/c1-3-4-14-31(24(35)22-28-16(2)33(30-22)19-12-10-18(26)11-13-19)20-21(27)32(25(36)29-23(20)34)15-17-8-6-5-7-9-17/h5-13H,3-4,14-15,27H2,1-2H3,(H,29,34,36). The van der Waals surface area contributed by atoms with E-state index in [1.54, 1.807) is 6.92 Å². The van der Waals surface area contributed by atoms with Crippen molar-refractivity contribution in [3.8, 4) is 5.69 Å². The second-order valence-electron chi connectivity index (χ2n) is 8.25. The molecule has 2 aromatic carbocycles. The highest BCUT2D eigenvalue weighted by Crippen LogP contribution is 2.21. The largest absolute Gasteiger partial charge is 0.383 e. The van der Waals surface area contributed by atoms with Gasteiger partial charge in [0.1, 0.15) is 17.5 Å². The number of nitrogen functional groups attached to an aromatic ring is 1. The Labute approximate surface area is 205 Å². The zero-order valence-electron chi connectivity index (χ0n) is 19.9. The molecule has 0 saturated heterocycles. The van der Waals surface area contributed by atoms with Crippen LogP contribution in [0, 0.1) is 12.7 Å². The third-order valence-corrected chi connectivity index (χ3v) is 5.68. The monoisotopic (exact) mass is 491 g/mol. The van der Waals surface area contributed by atoms with Crippen LogP contribution in [-0.4, -0.2) is 36.8 Å². The van der Waals surface area contributed by atoms with E-state index in [0.717, 1.165) is 12.0 Å². The van der Waals surface area contributed by atoms with Crippen LogP contribution in [0.15, 0.2) is 64.2 Å². The minimum atomic E-state index is -0.777. The van der Waals surface area contributed by atoms with Gasteiger partial charge in [0.05, 0.1) is 12.2 Å². The number of carbonyl (C=O) groups excluding carboxylic acids is 1. The lowest BCUT2D eigenvalue weighted by molar-refractivity contribution is 0.0976. The fraction of sp³-hybridized carbons (Fsp3) is 0.240. The molecule has 2 aromatic heterocycles. The summed E-state index contributed by atoms with van der Waals surface area (Å²) in [4.78, 5) is 46.9. The Morgan fingerprint density at radius 3 is 2.47 bits per heavy atom. The number of H-pyrrole nitrogens is 1. The van der Waals surface area contributed by atoms with Crippen molar-refractivity contribution in [3.05, 3.63) is 98.5 Å². The van der Waals surface area contributed by atoms with Crippen molar-refractivity contribution in [2.24, 2.45) is 0 Å². The number of halogens is 1. The van der Waals surface area contributed by atoms with Gasteiger partial charge in [-0.25, -0.2) is 18.9 Å². The second-order valence-corrected chi connectivity index (χ2v) is 8.25. The Morgan fingerprint density at radius 1 is 1.11 bits per heavy atom. The van der Waals surface area contributed by atoms with Gasteiger partial charge in [-0.15, -0.1) is 5.10 Å². The summed E-state index contributed by atoms with van der Waals surface area (Å²) < 4.78 is 16.0. The molecule has 0 bridgehead atoms. The first-order valence-corrected chi connectivity index (χ1v) is 11.5. The lowest BCUT2D eigenvalue weighted by Gasteiger charge is -2.23. The predicted octanol–water partition coefficient (Wildman–Crippen LogP) is 2.64. The minimum Gasteiger partial charge on any atom is -0.383 e. The zero-order chi connectivity index (χ0) is 25.8. The second kappa shape index (κ2) is 10.4. The van der Waals surface area contributed by atoms with Gasteiger partial charge in [-0.2, -0.15) is 0 Å². The van der Waals surface area contributed by atoms with E-state index in [1.807, 2.05) is 37.3 Å². The summed E-state index contributed by atoms with van der Waals surface area (Å²) in [5.74, 6) is -0.941. The molecule has 0 radical (unpaired) electrons. The number of anilines is 2. The number of nitrogens with two attached hydrogens (primary N) is 1. The molecule has 0 saturated carbocycles. The SMILES string of the molecule is CCCCN(C(=O)c1nc(C)n(-c2ccc(F)cc2)n1)c1c(N)n(Cc2ccccc2)c(=O)[nH]c1=O. The molecule has 4 rings (SSSR count). The first-order valence-electron chi connectivity index (χ1n) is 11.5. The zero-order valence-corrected chi connectivity index (χ0v) is 19.9. The Balaban J connectivity index is 1.77. The van der Waals surface area contributed by atoms with Crippen molar-refractivity contribution in [2.75, 3.05) is 17.2 Å². The minimum absolute atomic E-state index is 0.113.